The van der Waals surface area contributed by atoms with Gasteiger partial charge >= 0.3 is 0 Å². The van der Waals surface area contributed by atoms with Crippen LogP contribution in [0.25, 0.3) is 17.0 Å². The van der Waals surface area contributed by atoms with Crippen LogP contribution in [0.4, 0.5) is 0 Å². The summed E-state index contributed by atoms with van der Waals surface area (Å²) in [7, 11) is 0. The summed E-state index contributed by atoms with van der Waals surface area (Å²) in [5.74, 6) is 0.947. The van der Waals surface area contributed by atoms with E-state index in [1.165, 1.54) is 0 Å². The highest BCUT2D eigenvalue weighted by Crippen LogP contribution is 2.22. The molecule has 3 rings (SSSR count). The van der Waals surface area contributed by atoms with Gasteiger partial charge in [0, 0.05) is 22.8 Å². The first-order chi connectivity index (χ1) is 8.24. The van der Waals surface area contributed by atoms with Gasteiger partial charge < -0.3 is 5.11 Å². The number of hydrogen-bond donors (Lipinski definition) is 1. The van der Waals surface area contributed by atoms with Crippen molar-refractivity contribution in [3.63, 3.8) is 0 Å². The number of phenols is 1. The molecule has 1 N–H and O–H groups in total. The summed E-state index contributed by atoms with van der Waals surface area (Å²) in [5, 5.41) is 18.0. The Bertz CT molecular complexity index is 676. The fourth-order valence-electron chi connectivity index (χ4n) is 1.67. The third-order valence-electron chi connectivity index (χ3n) is 2.50. The molecule has 0 fully saturated rings. The molecule has 2 aromatic heterocycles. The predicted octanol–water partition coefficient (Wildman–Crippen LogP) is 2.76. The molecule has 0 spiro atoms. The van der Waals surface area contributed by atoms with E-state index < -0.39 is 0 Å². The van der Waals surface area contributed by atoms with Gasteiger partial charge in [0.2, 0.25) is 0 Å². The van der Waals surface area contributed by atoms with E-state index in [9.17, 15) is 5.11 Å². The summed E-state index contributed by atoms with van der Waals surface area (Å²) in [6.07, 6.45) is 1.82. The van der Waals surface area contributed by atoms with Crippen LogP contribution < -0.4 is 0 Å². The quantitative estimate of drug-likeness (QED) is 0.717. The van der Waals surface area contributed by atoms with Gasteiger partial charge in [-0.3, -0.25) is 4.40 Å². The van der Waals surface area contributed by atoms with Crippen LogP contribution in [0, 0.1) is 0 Å². The number of fused-ring (bicyclic) bond motifs is 1. The zero-order valence-electron chi connectivity index (χ0n) is 8.71. The van der Waals surface area contributed by atoms with Crippen molar-refractivity contribution in [1.29, 1.82) is 0 Å². The van der Waals surface area contributed by atoms with Gasteiger partial charge in [-0.1, -0.05) is 11.6 Å². The van der Waals surface area contributed by atoms with E-state index in [1.54, 1.807) is 36.4 Å². The number of pyridine rings is 1. The molecule has 0 aliphatic carbocycles. The van der Waals surface area contributed by atoms with Gasteiger partial charge in [0.1, 0.15) is 5.75 Å². The van der Waals surface area contributed by atoms with Gasteiger partial charge in [-0.05, 0) is 30.3 Å². The number of nitrogens with zero attached hydrogens (tertiary/aromatic N) is 3. The number of aromatic hydroxyl groups is 1. The molecule has 3 aromatic rings. The van der Waals surface area contributed by atoms with Gasteiger partial charge in [-0.15, -0.1) is 10.2 Å². The fourth-order valence-corrected chi connectivity index (χ4v) is 1.83. The van der Waals surface area contributed by atoms with Crippen LogP contribution in [-0.2, 0) is 0 Å². The SMILES string of the molecule is Oc1ccc(-c2nnc3cc(Cl)ccn23)cc1. The second-order valence-electron chi connectivity index (χ2n) is 3.64. The van der Waals surface area contributed by atoms with Crippen molar-refractivity contribution in [2.24, 2.45) is 0 Å². The van der Waals surface area contributed by atoms with E-state index in [2.05, 4.69) is 10.2 Å². The van der Waals surface area contributed by atoms with Crippen molar-refractivity contribution in [1.82, 2.24) is 14.6 Å². The van der Waals surface area contributed by atoms with Gasteiger partial charge in [-0.2, -0.15) is 0 Å². The lowest BCUT2D eigenvalue weighted by atomic mass is 10.2. The second-order valence-corrected chi connectivity index (χ2v) is 4.08. The first-order valence-electron chi connectivity index (χ1n) is 5.04. The number of aromatic nitrogens is 3. The molecule has 0 bridgehead atoms. The molecule has 0 atom stereocenters. The summed E-state index contributed by atoms with van der Waals surface area (Å²) in [6.45, 7) is 0. The molecule has 5 heteroatoms. The predicted molar refractivity (Wildman–Crippen MR) is 65.1 cm³/mol. The molecule has 0 radical (unpaired) electrons. The third-order valence-corrected chi connectivity index (χ3v) is 2.73. The Morgan fingerprint density at radius 2 is 1.82 bits per heavy atom. The molecule has 4 nitrogen and oxygen atoms in total. The minimum absolute atomic E-state index is 0.227. The average molecular weight is 246 g/mol. The normalized spacial score (nSPS) is 10.9. The summed E-state index contributed by atoms with van der Waals surface area (Å²) >= 11 is 5.88. The minimum atomic E-state index is 0.227. The fraction of sp³-hybridized carbons (Fsp3) is 0. The van der Waals surface area contributed by atoms with Crippen LogP contribution in [0.3, 0.4) is 0 Å². The molecule has 84 valence electrons. The molecule has 0 saturated heterocycles. The van der Waals surface area contributed by atoms with Crippen molar-refractivity contribution in [3.8, 4) is 17.1 Å². The van der Waals surface area contributed by atoms with E-state index in [4.69, 9.17) is 11.6 Å². The van der Waals surface area contributed by atoms with Gasteiger partial charge in [0.05, 0.1) is 0 Å². The molecule has 0 aliphatic rings. The smallest absolute Gasteiger partial charge is 0.168 e. The number of benzene rings is 1. The molecule has 2 heterocycles. The molecule has 1 aromatic carbocycles. The van der Waals surface area contributed by atoms with Crippen molar-refractivity contribution >= 4 is 17.2 Å². The molecule has 0 amide bonds. The lowest BCUT2D eigenvalue weighted by Crippen LogP contribution is -1.88. The highest BCUT2D eigenvalue weighted by atomic mass is 35.5. The zero-order valence-corrected chi connectivity index (χ0v) is 9.46. The molecule has 17 heavy (non-hydrogen) atoms. The summed E-state index contributed by atoms with van der Waals surface area (Å²) in [6, 6.07) is 10.3. The first kappa shape index (κ1) is 10.1. The van der Waals surface area contributed by atoms with Crippen molar-refractivity contribution in [3.05, 3.63) is 47.6 Å². The monoisotopic (exact) mass is 245 g/mol. The van der Waals surface area contributed by atoms with Crippen LogP contribution in [0.15, 0.2) is 42.6 Å². The Balaban J connectivity index is 2.21. The van der Waals surface area contributed by atoms with E-state index in [0.717, 1.165) is 11.4 Å². The molecular weight excluding hydrogens is 238 g/mol. The van der Waals surface area contributed by atoms with Gasteiger partial charge in [0.25, 0.3) is 0 Å². The van der Waals surface area contributed by atoms with Gasteiger partial charge in [-0.25, -0.2) is 0 Å². The summed E-state index contributed by atoms with van der Waals surface area (Å²) in [4.78, 5) is 0. The summed E-state index contributed by atoms with van der Waals surface area (Å²) in [5.41, 5.74) is 1.58. The Morgan fingerprint density at radius 1 is 1.06 bits per heavy atom. The largest absolute Gasteiger partial charge is 0.508 e. The Kier molecular flexibility index (Phi) is 2.23. The Morgan fingerprint density at radius 3 is 2.59 bits per heavy atom. The van der Waals surface area contributed by atoms with Crippen LogP contribution >= 0.6 is 11.6 Å². The number of rotatable bonds is 1. The van der Waals surface area contributed by atoms with Gasteiger partial charge in [0.15, 0.2) is 11.5 Å². The Labute approximate surface area is 102 Å². The average Bonchev–Trinajstić information content (AvgIpc) is 2.73. The first-order valence-corrected chi connectivity index (χ1v) is 5.41. The highest BCUT2D eigenvalue weighted by Gasteiger charge is 2.07. The lowest BCUT2D eigenvalue weighted by molar-refractivity contribution is 0.475. The maximum Gasteiger partial charge on any atom is 0.168 e. The van der Waals surface area contributed by atoms with E-state index in [-0.39, 0.29) is 5.75 Å². The second kappa shape index (κ2) is 3.75. The maximum atomic E-state index is 9.24. The standard InChI is InChI=1S/C12H8ClN3O/c13-9-5-6-16-11(7-9)14-15-12(16)8-1-3-10(17)4-2-8/h1-7,17H. The van der Waals surface area contributed by atoms with Crippen molar-refractivity contribution < 1.29 is 5.11 Å². The molecule has 0 aliphatic heterocycles. The number of halogens is 1. The van der Waals surface area contributed by atoms with Crippen molar-refractivity contribution in [2.75, 3.05) is 0 Å². The minimum Gasteiger partial charge on any atom is -0.508 e. The lowest BCUT2D eigenvalue weighted by Gasteiger charge is -2.00. The maximum absolute atomic E-state index is 9.24. The van der Waals surface area contributed by atoms with Crippen LogP contribution in [0.2, 0.25) is 5.02 Å². The van der Waals surface area contributed by atoms with Crippen LogP contribution in [0.5, 0.6) is 5.75 Å². The third kappa shape index (κ3) is 1.72. The molecule has 0 saturated carbocycles. The highest BCUT2D eigenvalue weighted by molar-refractivity contribution is 6.30. The molecule has 0 unspecified atom stereocenters. The van der Waals surface area contributed by atoms with E-state index in [0.29, 0.717) is 10.7 Å². The molecular formula is C12H8ClN3O. The van der Waals surface area contributed by atoms with Crippen LogP contribution in [0.1, 0.15) is 0 Å². The Hall–Kier alpha value is -2.07. The van der Waals surface area contributed by atoms with Crippen molar-refractivity contribution in [2.45, 2.75) is 0 Å². The van der Waals surface area contributed by atoms with E-state index >= 15 is 0 Å². The number of phenolic OH excluding ortho intramolecular Hbond substituents is 1. The summed E-state index contributed by atoms with van der Waals surface area (Å²) < 4.78 is 1.85. The van der Waals surface area contributed by atoms with Crippen LogP contribution in [-0.4, -0.2) is 19.7 Å². The topological polar surface area (TPSA) is 50.4 Å². The van der Waals surface area contributed by atoms with E-state index in [1.807, 2.05) is 10.6 Å². The number of hydrogen-bond acceptors (Lipinski definition) is 3. The zero-order chi connectivity index (χ0) is 11.8.